The van der Waals surface area contributed by atoms with E-state index >= 15 is 0 Å². The normalized spacial score (nSPS) is 24.1. The molecule has 6 rings (SSSR count). The summed E-state index contributed by atoms with van der Waals surface area (Å²) in [6.45, 7) is 7.83. The number of likely N-dealkylation sites (tertiary alicyclic amines) is 1. The molecule has 2 aromatic heterocycles. The van der Waals surface area contributed by atoms with Crippen LogP contribution < -0.4 is 9.64 Å². The number of pyridine rings is 1. The van der Waals surface area contributed by atoms with E-state index in [1.807, 2.05) is 6.20 Å². The molecule has 5 heterocycles. The van der Waals surface area contributed by atoms with Crippen LogP contribution in [0.5, 0.6) is 5.75 Å². The van der Waals surface area contributed by atoms with Gasteiger partial charge in [-0.25, -0.2) is 4.98 Å². The van der Waals surface area contributed by atoms with E-state index in [-0.39, 0.29) is 0 Å². The number of aromatic nitrogens is 4. The van der Waals surface area contributed by atoms with Gasteiger partial charge in [-0.15, -0.1) is 5.10 Å². The van der Waals surface area contributed by atoms with E-state index in [2.05, 4.69) is 48.0 Å². The van der Waals surface area contributed by atoms with Crippen LogP contribution in [0.2, 0.25) is 0 Å². The van der Waals surface area contributed by atoms with Crippen molar-refractivity contribution >= 4 is 5.82 Å². The highest BCUT2D eigenvalue weighted by atomic mass is 16.5. The van der Waals surface area contributed by atoms with Gasteiger partial charge in [0.2, 0.25) is 0 Å². The molecule has 2 saturated heterocycles. The van der Waals surface area contributed by atoms with E-state index < -0.39 is 0 Å². The Balaban J connectivity index is 1.05. The van der Waals surface area contributed by atoms with Crippen molar-refractivity contribution in [2.45, 2.75) is 31.9 Å². The Kier molecular flexibility index (Phi) is 4.38. The molecule has 3 fully saturated rings. The third-order valence-electron chi connectivity index (χ3n) is 7.28. The summed E-state index contributed by atoms with van der Waals surface area (Å²) in [6, 6.07) is 2.07. The van der Waals surface area contributed by atoms with Crippen LogP contribution in [0.15, 0.2) is 24.8 Å². The third-order valence-corrected chi connectivity index (χ3v) is 7.28. The molecule has 8 nitrogen and oxygen atoms in total. The largest absolute Gasteiger partial charge is 0.490 e. The van der Waals surface area contributed by atoms with Crippen LogP contribution in [0.25, 0.3) is 0 Å². The lowest BCUT2D eigenvalue weighted by Crippen LogP contribution is -2.65. The van der Waals surface area contributed by atoms with Crippen LogP contribution in [0, 0.1) is 11.3 Å². The monoisotopic (exact) mass is 407 g/mol. The van der Waals surface area contributed by atoms with Crippen LogP contribution in [-0.2, 0) is 13.0 Å². The first-order chi connectivity index (χ1) is 14.7. The number of ether oxygens (including phenoxy) is 1. The summed E-state index contributed by atoms with van der Waals surface area (Å²) in [4.78, 5) is 16.2. The molecule has 8 heteroatoms. The molecular formula is C22H29N7O. The molecule has 0 amide bonds. The molecule has 0 unspecified atom stereocenters. The maximum absolute atomic E-state index is 6.50. The summed E-state index contributed by atoms with van der Waals surface area (Å²) in [5.74, 6) is 2.81. The minimum absolute atomic E-state index is 0.317. The molecule has 1 aliphatic carbocycles. The lowest BCUT2D eigenvalue weighted by atomic mass is 9.62. The fourth-order valence-electron chi connectivity index (χ4n) is 5.79. The molecule has 0 N–H and O–H groups in total. The Morgan fingerprint density at radius 1 is 1.17 bits per heavy atom. The molecule has 0 aromatic carbocycles. The average Bonchev–Trinajstić information content (AvgIpc) is 2.68. The van der Waals surface area contributed by atoms with Gasteiger partial charge >= 0.3 is 0 Å². The van der Waals surface area contributed by atoms with E-state index in [4.69, 9.17) is 4.74 Å². The minimum Gasteiger partial charge on any atom is -0.490 e. The minimum atomic E-state index is 0.317. The second-order valence-electron chi connectivity index (χ2n) is 9.77. The summed E-state index contributed by atoms with van der Waals surface area (Å²) >= 11 is 0. The summed E-state index contributed by atoms with van der Waals surface area (Å²) in [5, 5.41) is 7.70. The van der Waals surface area contributed by atoms with Gasteiger partial charge in [-0.2, -0.15) is 5.10 Å². The van der Waals surface area contributed by atoms with Gasteiger partial charge in [-0.3, -0.25) is 9.88 Å². The summed E-state index contributed by atoms with van der Waals surface area (Å²) in [5.41, 5.74) is 2.94. The first-order valence-corrected chi connectivity index (χ1v) is 11.1. The van der Waals surface area contributed by atoms with Crippen molar-refractivity contribution in [3.8, 4) is 5.75 Å². The van der Waals surface area contributed by atoms with Crippen LogP contribution in [0.3, 0.4) is 0 Å². The average molecular weight is 408 g/mol. The smallest absolute Gasteiger partial charge is 0.150 e. The zero-order valence-corrected chi connectivity index (χ0v) is 17.6. The van der Waals surface area contributed by atoms with Gasteiger partial charge in [0.1, 0.15) is 18.2 Å². The molecule has 4 aliphatic rings. The van der Waals surface area contributed by atoms with Crippen LogP contribution in [0.4, 0.5) is 5.82 Å². The lowest BCUT2D eigenvalue weighted by Gasteiger charge is -2.58. The van der Waals surface area contributed by atoms with Crippen molar-refractivity contribution in [3.05, 3.63) is 36.0 Å². The number of fused-ring (bicyclic) bond motifs is 1. The fraction of sp³-hybridized carbons (Fsp3) is 0.636. The first kappa shape index (κ1) is 18.4. The second kappa shape index (κ2) is 7.13. The van der Waals surface area contributed by atoms with Gasteiger partial charge in [0, 0.05) is 75.1 Å². The second-order valence-corrected chi connectivity index (χ2v) is 9.77. The lowest BCUT2D eigenvalue weighted by molar-refractivity contribution is -0.0353. The van der Waals surface area contributed by atoms with Crippen LogP contribution in [0.1, 0.15) is 24.1 Å². The third kappa shape index (κ3) is 3.32. The molecule has 1 spiro atoms. The van der Waals surface area contributed by atoms with E-state index in [1.54, 1.807) is 6.20 Å². The number of hydrogen-bond donors (Lipinski definition) is 0. The Labute approximate surface area is 177 Å². The van der Waals surface area contributed by atoms with Gasteiger partial charge in [-0.05, 0) is 31.9 Å². The van der Waals surface area contributed by atoms with Gasteiger partial charge in [0.15, 0.2) is 5.82 Å². The van der Waals surface area contributed by atoms with Crippen molar-refractivity contribution < 1.29 is 4.74 Å². The highest BCUT2D eigenvalue weighted by Crippen LogP contribution is 2.50. The Morgan fingerprint density at radius 3 is 2.80 bits per heavy atom. The molecule has 158 valence electrons. The van der Waals surface area contributed by atoms with Gasteiger partial charge in [0.05, 0.1) is 6.20 Å². The van der Waals surface area contributed by atoms with Crippen molar-refractivity contribution in [1.29, 1.82) is 0 Å². The summed E-state index contributed by atoms with van der Waals surface area (Å²) < 4.78 is 6.50. The number of rotatable bonds is 5. The molecule has 0 atom stereocenters. The molecular weight excluding hydrogens is 378 g/mol. The number of anilines is 1. The van der Waals surface area contributed by atoms with E-state index in [9.17, 15) is 0 Å². The Bertz CT molecular complexity index is 903. The SMILES string of the molecule is CN1CC(CN2CCc3nccc(OC4CC5(C4)CN(c4cnncn4)C5)c3C2)C1. The molecule has 0 radical (unpaired) electrons. The molecule has 2 aromatic rings. The predicted octanol–water partition coefficient (Wildman–Crippen LogP) is 1.23. The van der Waals surface area contributed by atoms with Gasteiger partial charge in [0.25, 0.3) is 0 Å². The van der Waals surface area contributed by atoms with Crippen molar-refractivity contribution in [3.63, 3.8) is 0 Å². The van der Waals surface area contributed by atoms with E-state index in [0.717, 1.165) is 62.9 Å². The van der Waals surface area contributed by atoms with Gasteiger partial charge in [-0.1, -0.05) is 0 Å². The maximum atomic E-state index is 6.50. The Morgan fingerprint density at radius 2 is 2.03 bits per heavy atom. The number of nitrogens with zero attached hydrogens (tertiary/aromatic N) is 7. The fourth-order valence-corrected chi connectivity index (χ4v) is 5.79. The van der Waals surface area contributed by atoms with E-state index in [0.29, 0.717) is 11.5 Å². The highest BCUT2D eigenvalue weighted by molar-refractivity contribution is 5.42. The summed E-state index contributed by atoms with van der Waals surface area (Å²) in [7, 11) is 2.20. The molecule has 30 heavy (non-hydrogen) atoms. The summed E-state index contributed by atoms with van der Waals surface area (Å²) in [6.07, 6.45) is 8.78. The van der Waals surface area contributed by atoms with Crippen LogP contribution in [-0.4, -0.2) is 82.4 Å². The molecule has 0 bridgehead atoms. The Hall–Kier alpha value is -2.32. The highest BCUT2D eigenvalue weighted by Gasteiger charge is 2.54. The topological polar surface area (TPSA) is 70.5 Å². The first-order valence-electron chi connectivity index (χ1n) is 11.1. The zero-order chi connectivity index (χ0) is 20.1. The molecule has 1 saturated carbocycles. The quantitative estimate of drug-likeness (QED) is 0.733. The maximum Gasteiger partial charge on any atom is 0.150 e. The van der Waals surface area contributed by atoms with Gasteiger partial charge < -0.3 is 14.5 Å². The molecule has 3 aliphatic heterocycles. The van der Waals surface area contributed by atoms with Crippen molar-refractivity contribution in [2.24, 2.45) is 11.3 Å². The number of hydrogen-bond acceptors (Lipinski definition) is 8. The standard InChI is InChI=1S/C22H29N7O/c1-27-9-16(10-27)11-28-5-3-19-18(12-28)20(2-4-23-19)30-17-6-22(7-17)13-29(14-22)21-8-25-26-15-24-21/h2,4,8,15-17H,3,5-7,9-14H2,1H3. The van der Waals surface area contributed by atoms with Crippen molar-refractivity contribution in [1.82, 2.24) is 30.0 Å². The zero-order valence-electron chi connectivity index (χ0n) is 17.6. The predicted molar refractivity (Wildman–Crippen MR) is 112 cm³/mol. The van der Waals surface area contributed by atoms with E-state index in [1.165, 1.54) is 37.2 Å². The van der Waals surface area contributed by atoms with Crippen LogP contribution >= 0.6 is 0 Å². The van der Waals surface area contributed by atoms with Crippen molar-refractivity contribution in [2.75, 3.05) is 51.2 Å².